The van der Waals surface area contributed by atoms with Crippen LogP contribution < -0.4 is 21.3 Å². The first kappa shape index (κ1) is 44.2. The number of aromatic amines is 1. The number of likely N-dealkylation sites (tertiary alicyclic amines) is 1. The Morgan fingerprint density at radius 3 is 2.52 bits per heavy atom. The number of aryl methyl sites for hydroxylation is 2. The van der Waals surface area contributed by atoms with Crippen LogP contribution >= 0.6 is 0 Å². The van der Waals surface area contributed by atoms with Crippen molar-refractivity contribution in [2.75, 3.05) is 56.4 Å². The Morgan fingerprint density at radius 2 is 1.84 bits per heavy atom. The zero-order valence-electron chi connectivity index (χ0n) is 37.3. The lowest BCUT2D eigenvalue weighted by molar-refractivity contribution is -0.131. The van der Waals surface area contributed by atoms with Gasteiger partial charge in [-0.15, -0.1) is 0 Å². The van der Waals surface area contributed by atoms with Crippen LogP contribution in [0.4, 0.5) is 16.4 Å². The van der Waals surface area contributed by atoms with Crippen LogP contribution in [0.1, 0.15) is 112 Å². The number of nitrogens with one attached hydrogen (secondary N) is 3. The van der Waals surface area contributed by atoms with Crippen LogP contribution in [0.2, 0.25) is 0 Å². The van der Waals surface area contributed by atoms with Crippen LogP contribution in [0.15, 0.2) is 42.7 Å². The normalized spacial score (nSPS) is 19.2. The monoisotopic (exact) mass is 846 g/mol. The molecule has 0 spiro atoms. The van der Waals surface area contributed by atoms with Crippen molar-refractivity contribution >= 4 is 46.2 Å². The molecule has 5 N–H and O–H groups in total. The average molecular weight is 847 g/mol. The van der Waals surface area contributed by atoms with Crippen molar-refractivity contribution in [2.24, 2.45) is 5.92 Å². The maximum absolute atomic E-state index is 14.1. The van der Waals surface area contributed by atoms with Gasteiger partial charge >= 0.3 is 6.09 Å². The molecule has 2 fully saturated rings. The predicted octanol–water partition coefficient (Wildman–Crippen LogP) is 5.49. The number of nitrogens with two attached hydrogens (primary N) is 1. The van der Waals surface area contributed by atoms with Gasteiger partial charge in [0, 0.05) is 104 Å². The van der Waals surface area contributed by atoms with E-state index in [9.17, 15) is 24.4 Å². The van der Waals surface area contributed by atoms with Crippen LogP contribution in [-0.4, -0.2) is 112 Å². The van der Waals surface area contributed by atoms with Crippen molar-refractivity contribution < 1.29 is 23.9 Å². The fourth-order valence-corrected chi connectivity index (χ4v) is 9.40. The van der Waals surface area contributed by atoms with E-state index in [1.54, 1.807) is 39.2 Å². The van der Waals surface area contributed by atoms with E-state index in [0.717, 1.165) is 58.5 Å². The number of benzene rings is 2. The van der Waals surface area contributed by atoms with Crippen molar-refractivity contribution in [2.45, 2.75) is 110 Å². The third-order valence-electron chi connectivity index (χ3n) is 12.8. The third-order valence-corrected chi connectivity index (χ3v) is 12.8. The highest BCUT2D eigenvalue weighted by atomic mass is 16.6. The molecule has 2 saturated heterocycles. The van der Waals surface area contributed by atoms with Gasteiger partial charge in [0.1, 0.15) is 11.6 Å². The van der Waals surface area contributed by atoms with E-state index < -0.39 is 23.2 Å². The van der Waals surface area contributed by atoms with E-state index in [1.165, 1.54) is 0 Å². The van der Waals surface area contributed by atoms with Gasteiger partial charge in [-0.1, -0.05) is 33.8 Å². The minimum Gasteiger partial charge on any atom is -0.444 e. The lowest BCUT2D eigenvalue weighted by atomic mass is 9.70. The molecule has 4 aromatic rings. The zero-order chi connectivity index (χ0) is 44.5. The highest BCUT2D eigenvalue weighted by Gasteiger charge is 2.41. The molecule has 0 unspecified atom stereocenters. The molecule has 3 aliphatic rings. The lowest BCUT2D eigenvalue weighted by Crippen LogP contribution is -2.52. The SMILES string of the molecule is CCc1cc2c(cc1N1CCN(C(=O)CCCN3C[C@@H](C)[C@@H](NC(=O)[C@H](CCCn4ccnc4N)NC(=O)OC(C)(C)C)C3)CC1)C(C)(C)c1[nH]c3cc(C#N)ccc3c1C2=O. The average Bonchev–Trinajstić information content (AvgIpc) is 3.94. The first-order valence-electron chi connectivity index (χ1n) is 22.1. The highest BCUT2D eigenvalue weighted by molar-refractivity contribution is 6.20. The molecule has 1 aliphatic carbocycles. The van der Waals surface area contributed by atoms with Crippen LogP contribution in [0.3, 0.4) is 0 Å². The summed E-state index contributed by atoms with van der Waals surface area (Å²) in [5.41, 5.74) is 11.6. The number of H-pyrrole nitrogens is 1. The first-order chi connectivity index (χ1) is 29.5. The quantitative estimate of drug-likeness (QED) is 0.134. The molecule has 2 aromatic carbocycles. The van der Waals surface area contributed by atoms with Crippen LogP contribution in [0, 0.1) is 17.2 Å². The van der Waals surface area contributed by atoms with Crippen molar-refractivity contribution in [1.29, 1.82) is 5.26 Å². The number of nitriles is 1. The third kappa shape index (κ3) is 9.30. The van der Waals surface area contributed by atoms with Gasteiger partial charge in [0.15, 0.2) is 11.7 Å². The molecule has 62 heavy (non-hydrogen) atoms. The summed E-state index contributed by atoms with van der Waals surface area (Å²) in [4.78, 5) is 68.1. The summed E-state index contributed by atoms with van der Waals surface area (Å²) in [7, 11) is 0. The summed E-state index contributed by atoms with van der Waals surface area (Å²) in [5, 5.41) is 16.3. The second-order valence-electron chi connectivity index (χ2n) is 18.7. The van der Waals surface area contributed by atoms with Crippen molar-refractivity contribution in [3.63, 3.8) is 0 Å². The Kier molecular flexibility index (Phi) is 12.7. The minimum atomic E-state index is -0.778. The largest absolute Gasteiger partial charge is 0.444 e. The number of anilines is 2. The number of nitrogens with zero attached hydrogens (tertiary/aromatic N) is 6. The number of fused-ring (bicyclic) bond motifs is 4. The molecular weight excluding hydrogens is 785 g/mol. The molecule has 15 heteroatoms. The fraction of sp³-hybridized carbons (Fsp3) is 0.532. The smallest absolute Gasteiger partial charge is 0.408 e. The van der Waals surface area contributed by atoms with Crippen molar-refractivity contribution in [1.82, 2.24) is 35.0 Å². The maximum Gasteiger partial charge on any atom is 0.408 e. The second-order valence-corrected chi connectivity index (χ2v) is 18.7. The highest BCUT2D eigenvalue weighted by Crippen LogP contribution is 2.46. The number of ether oxygens (including phenoxy) is 1. The van der Waals surface area contributed by atoms with Crippen LogP contribution in [-0.2, 0) is 32.7 Å². The van der Waals surface area contributed by atoms with Gasteiger partial charge < -0.3 is 45.4 Å². The molecule has 4 heterocycles. The number of alkyl carbamates (subject to hydrolysis) is 1. The summed E-state index contributed by atoms with van der Waals surface area (Å²) >= 11 is 0. The van der Waals surface area contributed by atoms with E-state index >= 15 is 0 Å². The Morgan fingerprint density at radius 1 is 1.08 bits per heavy atom. The van der Waals surface area contributed by atoms with Crippen molar-refractivity contribution in [3.8, 4) is 6.07 Å². The number of hydrogen-bond donors (Lipinski definition) is 4. The number of carbonyl (C=O) groups is 4. The van der Waals surface area contributed by atoms with E-state index in [0.29, 0.717) is 82.0 Å². The number of rotatable bonds is 13. The van der Waals surface area contributed by atoms with Gasteiger partial charge in [0.05, 0.1) is 17.2 Å². The van der Waals surface area contributed by atoms with Crippen molar-refractivity contribution in [3.05, 3.63) is 76.2 Å². The van der Waals surface area contributed by atoms with Gasteiger partial charge in [-0.25, -0.2) is 9.78 Å². The molecule has 3 atom stereocenters. The predicted molar refractivity (Wildman–Crippen MR) is 239 cm³/mol. The molecule has 0 saturated carbocycles. The van der Waals surface area contributed by atoms with E-state index in [1.807, 2.05) is 21.6 Å². The number of ketones is 1. The maximum atomic E-state index is 14.1. The number of carbonyl (C=O) groups excluding carboxylic acids is 4. The minimum absolute atomic E-state index is 0.00622. The summed E-state index contributed by atoms with van der Waals surface area (Å²) in [6, 6.07) is 11.1. The Hall–Kier alpha value is -5.88. The number of aromatic nitrogens is 3. The Labute approximate surface area is 364 Å². The lowest BCUT2D eigenvalue weighted by Gasteiger charge is -2.39. The summed E-state index contributed by atoms with van der Waals surface area (Å²) in [6.45, 7) is 19.3. The molecule has 330 valence electrons. The van der Waals surface area contributed by atoms with E-state index in [-0.39, 0.29) is 29.6 Å². The first-order valence-corrected chi connectivity index (χ1v) is 22.1. The summed E-state index contributed by atoms with van der Waals surface area (Å²) in [6.07, 6.45) is 5.70. The number of hydrogen-bond acceptors (Lipinski definition) is 10. The molecule has 7 rings (SSSR count). The van der Waals surface area contributed by atoms with Gasteiger partial charge in [0.25, 0.3) is 0 Å². The molecule has 2 aromatic heterocycles. The number of piperazine rings is 1. The van der Waals surface area contributed by atoms with Gasteiger partial charge in [0.2, 0.25) is 11.8 Å². The van der Waals surface area contributed by atoms with Crippen LogP contribution in [0.5, 0.6) is 0 Å². The number of nitrogen functional groups attached to an aromatic ring is 1. The molecule has 2 aliphatic heterocycles. The second kappa shape index (κ2) is 17.8. The summed E-state index contributed by atoms with van der Waals surface area (Å²) < 4.78 is 7.27. The molecule has 0 radical (unpaired) electrons. The Bertz CT molecular complexity index is 2380. The van der Waals surface area contributed by atoms with Gasteiger partial charge in [-0.3, -0.25) is 14.4 Å². The van der Waals surface area contributed by atoms with Gasteiger partial charge in [-0.05, 0) is 94.3 Å². The number of amides is 3. The Balaban J connectivity index is 0.909. The molecular formula is C47H62N10O5. The molecule has 0 bridgehead atoms. The van der Waals surface area contributed by atoms with E-state index in [2.05, 4.69) is 76.3 Å². The van der Waals surface area contributed by atoms with Gasteiger partial charge in [-0.2, -0.15) is 5.26 Å². The standard InChI is InChI=1S/C47H62N10O5/c1-8-31-24-33-34(47(6,7)42-40(41(33)59)32-14-13-30(26-48)23-36(32)51-42)25-38(31)55-19-21-56(22-20-55)39(58)12-10-16-54-27-29(2)37(28-54)52-43(60)35(53-45(61)62-46(3,4)5)11-9-17-57-18-15-50-44(57)49/h13-15,18,23-25,29,35,37,51H,8-12,16-17,19-22,27-28H2,1-7H3,(H2,49,50)(H,52,60)(H,53,61)/t29-,35+,37+/m1/s1. The topological polar surface area (TPSA) is 195 Å². The number of imidazole rings is 1. The van der Waals surface area contributed by atoms with E-state index in [4.69, 9.17) is 10.5 Å². The molecule has 3 amide bonds. The summed E-state index contributed by atoms with van der Waals surface area (Å²) in [5.74, 6) is 0.496. The fourth-order valence-electron chi connectivity index (χ4n) is 9.40. The molecule has 15 nitrogen and oxygen atoms in total. The zero-order valence-corrected chi connectivity index (χ0v) is 37.3. The van der Waals surface area contributed by atoms with Crippen LogP contribution in [0.25, 0.3) is 10.9 Å².